The lowest BCUT2D eigenvalue weighted by atomic mass is 10.1. The minimum atomic E-state index is 0.637. The largest absolute Gasteiger partial charge is 0.478 e. The molecule has 0 atom stereocenters. The van der Waals surface area contributed by atoms with E-state index in [1.54, 1.807) is 0 Å². The van der Waals surface area contributed by atoms with Crippen molar-refractivity contribution >= 4 is 0 Å². The van der Waals surface area contributed by atoms with Gasteiger partial charge in [-0.2, -0.15) is 0 Å². The second-order valence-electron chi connectivity index (χ2n) is 5.91. The number of benzene rings is 2. The molecular formula is C19H24N2O2. The smallest absolute Gasteiger partial charge is 0.142 e. The molecule has 4 rings (SSSR count). The van der Waals surface area contributed by atoms with Gasteiger partial charge in [0.1, 0.15) is 25.0 Å². The summed E-state index contributed by atoms with van der Waals surface area (Å²) in [7, 11) is 2.05. The Morgan fingerprint density at radius 1 is 1.04 bits per heavy atom. The van der Waals surface area contributed by atoms with Gasteiger partial charge in [0, 0.05) is 24.2 Å². The maximum atomic E-state index is 5.46. The Kier molecular flexibility index (Phi) is 5.16. The second kappa shape index (κ2) is 7.49. The fourth-order valence-electron chi connectivity index (χ4n) is 2.74. The normalized spacial score (nSPS) is 16.1. The Morgan fingerprint density at radius 2 is 1.87 bits per heavy atom. The van der Waals surface area contributed by atoms with Gasteiger partial charge in [0.05, 0.1) is 0 Å². The minimum Gasteiger partial charge on any atom is -0.478 e. The van der Waals surface area contributed by atoms with Crippen molar-refractivity contribution in [1.29, 1.82) is 0 Å². The van der Waals surface area contributed by atoms with Crippen LogP contribution in [0.3, 0.4) is 0 Å². The number of hydrogen-bond acceptors (Lipinski definition) is 4. The molecule has 0 fully saturated rings. The van der Waals surface area contributed by atoms with E-state index in [-0.39, 0.29) is 0 Å². The fraction of sp³-hybridized carbons (Fsp3) is 0.368. The summed E-state index contributed by atoms with van der Waals surface area (Å²) < 4.78 is 10.9. The molecular weight excluding hydrogens is 288 g/mol. The molecule has 2 heterocycles. The zero-order valence-electron chi connectivity index (χ0n) is 13.8. The van der Waals surface area contributed by atoms with Gasteiger partial charge in [-0.25, -0.2) is 0 Å². The van der Waals surface area contributed by atoms with Gasteiger partial charge in [-0.15, -0.1) is 0 Å². The number of nitrogens with zero attached hydrogens (tertiary/aromatic N) is 1. The van der Waals surface area contributed by atoms with Crippen LogP contribution in [0.1, 0.15) is 23.6 Å². The van der Waals surface area contributed by atoms with E-state index in [9.17, 15) is 0 Å². The molecule has 0 aromatic heterocycles. The minimum absolute atomic E-state index is 0.637. The Bertz CT molecular complexity index is 658. The lowest BCUT2D eigenvalue weighted by Crippen LogP contribution is -2.27. The summed E-state index contributed by atoms with van der Waals surface area (Å²) in [5, 5.41) is 3.17. The highest BCUT2D eigenvalue weighted by molar-refractivity contribution is 5.38. The van der Waals surface area contributed by atoms with Crippen molar-refractivity contribution in [2.75, 3.05) is 20.5 Å². The van der Waals surface area contributed by atoms with Gasteiger partial charge >= 0.3 is 0 Å². The van der Waals surface area contributed by atoms with Crippen LogP contribution in [0.25, 0.3) is 0 Å². The van der Waals surface area contributed by atoms with Crippen LogP contribution < -0.4 is 14.8 Å². The summed E-state index contributed by atoms with van der Waals surface area (Å²) in [6, 6.07) is 14.6. The molecule has 23 heavy (non-hydrogen) atoms. The average molecular weight is 312 g/mol. The van der Waals surface area contributed by atoms with Crippen LogP contribution in [0.2, 0.25) is 0 Å². The van der Waals surface area contributed by atoms with E-state index in [1.807, 2.05) is 18.2 Å². The number of aryl methyl sites for hydroxylation is 1. The van der Waals surface area contributed by atoms with Gasteiger partial charge in [0.25, 0.3) is 0 Å². The van der Waals surface area contributed by atoms with Gasteiger partial charge in [-0.1, -0.05) is 37.3 Å². The molecule has 0 bridgehead atoms. The maximum Gasteiger partial charge on any atom is 0.142 e. The summed E-state index contributed by atoms with van der Waals surface area (Å²) in [5.41, 5.74) is 3.93. The molecule has 122 valence electrons. The third-order valence-electron chi connectivity index (χ3n) is 4.03. The van der Waals surface area contributed by atoms with Crippen LogP contribution in [0.15, 0.2) is 42.5 Å². The average Bonchev–Trinajstić information content (AvgIpc) is 2.61. The standard InChI is InChI=1S/C10H13NO.C9H11NO/c1-2-8-3-4-10-9(5-8)6-11-7-12-10;1-10-6-8-4-2-3-5-9(8)11-7-10/h3-5,11H,2,6-7H2,1H3;2-5H,6-7H2,1H3. The first-order chi connectivity index (χ1) is 11.3. The monoisotopic (exact) mass is 312 g/mol. The topological polar surface area (TPSA) is 33.7 Å². The Hall–Kier alpha value is -2.04. The Morgan fingerprint density at radius 3 is 2.74 bits per heavy atom. The Labute approximate surface area is 138 Å². The first-order valence-corrected chi connectivity index (χ1v) is 8.11. The van der Waals surface area contributed by atoms with Crippen molar-refractivity contribution in [3.05, 3.63) is 59.2 Å². The Balaban J connectivity index is 0.000000136. The van der Waals surface area contributed by atoms with Gasteiger partial charge in [-0.05, 0) is 31.2 Å². The summed E-state index contributed by atoms with van der Waals surface area (Å²) in [6.07, 6.45) is 1.09. The first-order valence-electron chi connectivity index (χ1n) is 8.11. The molecule has 0 amide bonds. The van der Waals surface area contributed by atoms with E-state index in [0.29, 0.717) is 13.5 Å². The van der Waals surface area contributed by atoms with E-state index in [4.69, 9.17) is 9.47 Å². The molecule has 2 aliphatic heterocycles. The number of fused-ring (bicyclic) bond motifs is 2. The highest BCUT2D eigenvalue weighted by Gasteiger charge is 2.12. The van der Waals surface area contributed by atoms with Crippen LogP contribution >= 0.6 is 0 Å². The predicted molar refractivity (Wildman–Crippen MR) is 91.6 cm³/mol. The first kappa shape index (κ1) is 15.8. The van der Waals surface area contributed by atoms with Gasteiger partial charge < -0.3 is 9.47 Å². The summed E-state index contributed by atoms with van der Waals surface area (Å²) >= 11 is 0. The fourth-order valence-corrected chi connectivity index (χ4v) is 2.74. The number of rotatable bonds is 1. The van der Waals surface area contributed by atoms with Crippen molar-refractivity contribution in [1.82, 2.24) is 10.2 Å². The second-order valence-corrected chi connectivity index (χ2v) is 5.91. The molecule has 0 saturated carbocycles. The van der Waals surface area contributed by atoms with E-state index < -0.39 is 0 Å². The van der Waals surface area contributed by atoms with Crippen molar-refractivity contribution < 1.29 is 9.47 Å². The molecule has 4 nitrogen and oxygen atoms in total. The molecule has 0 spiro atoms. The van der Waals surface area contributed by atoms with Crippen molar-refractivity contribution in [2.24, 2.45) is 0 Å². The highest BCUT2D eigenvalue weighted by Crippen LogP contribution is 2.23. The maximum absolute atomic E-state index is 5.46. The molecule has 4 heteroatoms. The quantitative estimate of drug-likeness (QED) is 0.877. The molecule has 2 aromatic rings. The lowest BCUT2D eigenvalue weighted by Gasteiger charge is -2.24. The van der Waals surface area contributed by atoms with E-state index in [0.717, 1.165) is 31.0 Å². The number of ether oxygens (including phenoxy) is 2. The lowest BCUT2D eigenvalue weighted by molar-refractivity contribution is 0.121. The molecule has 0 radical (unpaired) electrons. The molecule has 0 saturated heterocycles. The zero-order chi connectivity index (χ0) is 16.1. The molecule has 0 unspecified atom stereocenters. The molecule has 2 aromatic carbocycles. The molecule has 2 aliphatic rings. The van der Waals surface area contributed by atoms with Crippen molar-refractivity contribution in [3.63, 3.8) is 0 Å². The van der Waals surface area contributed by atoms with E-state index in [2.05, 4.69) is 48.5 Å². The van der Waals surface area contributed by atoms with Crippen LogP contribution in [-0.2, 0) is 19.5 Å². The zero-order valence-corrected chi connectivity index (χ0v) is 13.8. The van der Waals surface area contributed by atoms with Crippen molar-refractivity contribution in [3.8, 4) is 11.5 Å². The number of hydrogen-bond donors (Lipinski definition) is 1. The van der Waals surface area contributed by atoms with Crippen LogP contribution in [0.5, 0.6) is 11.5 Å². The summed E-state index contributed by atoms with van der Waals surface area (Å²) in [4.78, 5) is 2.14. The molecule has 0 aliphatic carbocycles. The van der Waals surface area contributed by atoms with Crippen LogP contribution in [-0.4, -0.2) is 25.4 Å². The van der Waals surface area contributed by atoms with Gasteiger partial charge in [-0.3, -0.25) is 10.2 Å². The number of nitrogens with one attached hydrogen (secondary N) is 1. The third-order valence-corrected chi connectivity index (χ3v) is 4.03. The van der Waals surface area contributed by atoms with Crippen LogP contribution in [0, 0.1) is 0 Å². The summed E-state index contributed by atoms with van der Waals surface area (Å²) in [6.45, 7) is 5.44. The molecule has 1 N–H and O–H groups in total. The highest BCUT2D eigenvalue weighted by atomic mass is 16.5. The van der Waals surface area contributed by atoms with E-state index >= 15 is 0 Å². The number of para-hydroxylation sites is 1. The third kappa shape index (κ3) is 4.03. The van der Waals surface area contributed by atoms with E-state index in [1.165, 1.54) is 16.7 Å². The predicted octanol–water partition coefficient (Wildman–Crippen LogP) is 3.16. The summed E-state index contributed by atoms with van der Waals surface area (Å²) in [5.74, 6) is 2.07. The van der Waals surface area contributed by atoms with Gasteiger partial charge in [0.2, 0.25) is 0 Å². The SMILES string of the molecule is CCc1ccc2c(c1)CNCO2.CN1COc2ccccc2C1. The van der Waals surface area contributed by atoms with Crippen LogP contribution in [0.4, 0.5) is 0 Å². The van der Waals surface area contributed by atoms with Crippen molar-refractivity contribution in [2.45, 2.75) is 26.4 Å². The van der Waals surface area contributed by atoms with Gasteiger partial charge in [0.15, 0.2) is 0 Å².